The minimum absolute atomic E-state index is 0.0840. The van der Waals surface area contributed by atoms with Gasteiger partial charge in [0.05, 0.1) is 5.70 Å². The first-order valence-corrected chi connectivity index (χ1v) is 8.98. The molecule has 0 amide bonds. The highest BCUT2D eigenvalue weighted by molar-refractivity contribution is 7.87. The zero-order valence-corrected chi connectivity index (χ0v) is 14.2. The maximum Gasteiger partial charge on any atom is 0.316 e. The van der Waals surface area contributed by atoms with E-state index >= 15 is 0 Å². The Morgan fingerprint density at radius 3 is 2.15 bits per heavy atom. The van der Waals surface area contributed by atoms with Crippen LogP contribution in [-0.4, -0.2) is 31.3 Å². The molecule has 0 radical (unpaired) electrons. The third-order valence-electron chi connectivity index (χ3n) is 3.91. The van der Waals surface area contributed by atoms with Gasteiger partial charge in [0.1, 0.15) is 0 Å². The first kappa shape index (κ1) is 17.7. The van der Waals surface area contributed by atoms with Crippen LogP contribution in [0.5, 0.6) is 0 Å². The second-order valence-electron chi connectivity index (χ2n) is 5.43. The van der Waals surface area contributed by atoms with Gasteiger partial charge in [-0.15, -0.1) is 0 Å². The summed E-state index contributed by atoms with van der Waals surface area (Å²) < 4.78 is 35.2. The molecule has 0 aromatic heterocycles. The van der Waals surface area contributed by atoms with Crippen LogP contribution in [0.25, 0.3) is 0 Å². The zero-order valence-electron chi connectivity index (χ0n) is 13.4. The van der Waals surface area contributed by atoms with E-state index in [9.17, 15) is 22.6 Å². The number of aldehydes is 1. The minimum atomic E-state index is -4.89. The van der Waals surface area contributed by atoms with Gasteiger partial charge in [0.25, 0.3) is 4.99 Å². The third-order valence-corrected chi connectivity index (χ3v) is 5.15. The molecule has 1 atom stereocenters. The van der Waals surface area contributed by atoms with Crippen molar-refractivity contribution in [3.8, 4) is 0 Å². The zero-order chi connectivity index (χ0) is 18.8. The third kappa shape index (κ3) is 2.75. The minimum Gasteiger partial charge on any atom is -0.294 e. The van der Waals surface area contributed by atoms with Crippen molar-refractivity contribution in [3.05, 3.63) is 78.0 Å². The molecule has 132 valence electrons. The van der Waals surface area contributed by atoms with Crippen molar-refractivity contribution in [2.24, 2.45) is 4.99 Å². The quantitative estimate of drug-likeness (QED) is 0.490. The summed E-state index contributed by atoms with van der Waals surface area (Å²) in [6, 6.07) is 15.9. The molecule has 1 aliphatic heterocycles. The van der Waals surface area contributed by atoms with Gasteiger partial charge >= 0.3 is 10.1 Å². The van der Waals surface area contributed by atoms with Crippen LogP contribution in [0.15, 0.2) is 77.4 Å². The van der Waals surface area contributed by atoms with E-state index in [1.807, 2.05) is 0 Å². The molecule has 0 saturated heterocycles. The molecule has 0 fully saturated rings. The molecule has 1 N–H and O–H groups in total. The number of aliphatic imine (C=N–C) groups is 1. The van der Waals surface area contributed by atoms with E-state index < -0.39 is 20.9 Å². The Kier molecular flexibility index (Phi) is 4.54. The van der Waals surface area contributed by atoms with Gasteiger partial charge in [0.2, 0.25) is 5.78 Å². The van der Waals surface area contributed by atoms with Gasteiger partial charge in [-0.2, -0.15) is 8.42 Å². The molecule has 26 heavy (non-hydrogen) atoms. The number of rotatable bonds is 5. The summed E-state index contributed by atoms with van der Waals surface area (Å²) in [7, 11) is -4.89. The number of Topliss-reactive ketones (excluding diaryl/α,β-unsaturated/α-hetero) is 1. The molecular formula is C18H14N2O5S. The van der Waals surface area contributed by atoms with E-state index in [0.717, 1.165) is 11.1 Å². The molecule has 3 rings (SSSR count). The van der Waals surface area contributed by atoms with Crippen LogP contribution in [0, 0.1) is 0 Å². The number of hydrogen-bond acceptors (Lipinski definition) is 6. The smallest absolute Gasteiger partial charge is 0.294 e. The number of anilines is 1. The van der Waals surface area contributed by atoms with E-state index in [-0.39, 0.29) is 23.2 Å². The summed E-state index contributed by atoms with van der Waals surface area (Å²) in [5, 5.41) is 0. The number of benzene rings is 2. The second kappa shape index (κ2) is 6.66. The number of hydrogen-bond donors (Lipinski definition) is 1. The summed E-state index contributed by atoms with van der Waals surface area (Å²) in [5.74, 6) is -0.941. The lowest BCUT2D eigenvalue weighted by Crippen LogP contribution is -2.53. The normalized spacial score (nSPS) is 19.7. The number of nitrogens with zero attached hydrogens (tertiary/aromatic N) is 2. The molecule has 8 heteroatoms. The number of carbonyl (C=O) groups is 2. The molecule has 0 bridgehead atoms. The molecule has 7 nitrogen and oxygen atoms in total. The van der Waals surface area contributed by atoms with Crippen molar-refractivity contribution in [2.75, 3.05) is 4.90 Å². The monoisotopic (exact) mass is 370 g/mol. The van der Waals surface area contributed by atoms with Gasteiger partial charge in [-0.3, -0.25) is 19.0 Å². The van der Waals surface area contributed by atoms with Crippen LogP contribution in [-0.2, 0) is 24.7 Å². The Bertz CT molecular complexity index is 1000. The maximum atomic E-state index is 12.5. The lowest BCUT2D eigenvalue weighted by atomic mass is 10.1. The van der Waals surface area contributed by atoms with Crippen LogP contribution in [0.2, 0.25) is 0 Å². The number of para-hydroxylation sites is 1. The molecule has 1 aliphatic rings. The standard InChI is InChI=1S/C18H14N2O5S/c21-13-17(22)16-11-12-19-18(26(23,24)25,14-7-3-1-4-8-14)20(16)15-9-5-2-6-10-15/h1-13H,(H,23,24,25). The van der Waals surface area contributed by atoms with Crippen LogP contribution in [0.4, 0.5) is 5.69 Å². The lowest BCUT2D eigenvalue weighted by molar-refractivity contribution is -0.127. The highest BCUT2D eigenvalue weighted by Crippen LogP contribution is 2.42. The SMILES string of the molecule is O=CC(=O)C1=CC=NC(c2ccccc2)(S(=O)(=O)O)N1c1ccccc1. The molecular weight excluding hydrogens is 356 g/mol. The fourth-order valence-electron chi connectivity index (χ4n) is 2.84. The maximum absolute atomic E-state index is 12.5. The van der Waals surface area contributed by atoms with Gasteiger partial charge < -0.3 is 0 Å². The molecule has 0 aliphatic carbocycles. The Balaban J connectivity index is 2.38. The first-order valence-electron chi connectivity index (χ1n) is 7.54. The average Bonchev–Trinajstić information content (AvgIpc) is 2.67. The Hall–Kier alpha value is -3.10. The first-order chi connectivity index (χ1) is 12.4. The predicted octanol–water partition coefficient (Wildman–Crippen LogP) is 1.93. The van der Waals surface area contributed by atoms with E-state index in [4.69, 9.17) is 0 Å². The highest BCUT2D eigenvalue weighted by Gasteiger charge is 2.53. The molecule has 1 heterocycles. The molecule has 2 aromatic rings. The number of carbonyl (C=O) groups excluding carboxylic acids is 2. The van der Waals surface area contributed by atoms with Gasteiger partial charge in [0, 0.05) is 17.5 Å². The van der Waals surface area contributed by atoms with Crippen molar-refractivity contribution >= 4 is 34.1 Å². The molecule has 0 spiro atoms. The van der Waals surface area contributed by atoms with Gasteiger partial charge in [0.15, 0.2) is 6.29 Å². The molecule has 0 saturated carbocycles. The van der Waals surface area contributed by atoms with E-state index in [0.29, 0.717) is 0 Å². The van der Waals surface area contributed by atoms with Crippen LogP contribution in [0.1, 0.15) is 5.56 Å². The number of allylic oxidation sites excluding steroid dienone is 2. The predicted molar refractivity (Wildman–Crippen MR) is 96.2 cm³/mol. The van der Waals surface area contributed by atoms with Gasteiger partial charge in [-0.25, -0.2) is 4.99 Å². The van der Waals surface area contributed by atoms with E-state index in [1.165, 1.54) is 18.2 Å². The van der Waals surface area contributed by atoms with Gasteiger partial charge in [-0.05, 0) is 18.2 Å². The average molecular weight is 370 g/mol. The van der Waals surface area contributed by atoms with Crippen molar-refractivity contribution in [1.82, 2.24) is 0 Å². The number of ketones is 1. The Morgan fingerprint density at radius 2 is 1.62 bits per heavy atom. The summed E-state index contributed by atoms with van der Waals surface area (Å²) >= 11 is 0. The van der Waals surface area contributed by atoms with E-state index in [1.54, 1.807) is 48.5 Å². The van der Waals surface area contributed by atoms with Crippen molar-refractivity contribution in [2.45, 2.75) is 4.99 Å². The largest absolute Gasteiger partial charge is 0.316 e. The summed E-state index contributed by atoms with van der Waals surface area (Å²) in [6.07, 6.45) is 2.41. The Morgan fingerprint density at radius 1 is 1.04 bits per heavy atom. The lowest BCUT2D eigenvalue weighted by Gasteiger charge is -2.41. The van der Waals surface area contributed by atoms with Crippen LogP contribution >= 0.6 is 0 Å². The summed E-state index contributed by atoms with van der Waals surface area (Å²) in [5.41, 5.74) is 0.168. The van der Waals surface area contributed by atoms with Gasteiger partial charge in [-0.1, -0.05) is 48.5 Å². The topological polar surface area (TPSA) is 104 Å². The molecule has 1 unspecified atom stereocenters. The fourth-order valence-corrected chi connectivity index (χ4v) is 3.90. The van der Waals surface area contributed by atoms with E-state index in [2.05, 4.69) is 4.99 Å². The summed E-state index contributed by atoms with van der Waals surface area (Å²) in [6.45, 7) is 0. The van der Waals surface area contributed by atoms with Crippen molar-refractivity contribution in [1.29, 1.82) is 0 Å². The van der Waals surface area contributed by atoms with Crippen molar-refractivity contribution in [3.63, 3.8) is 0 Å². The fraction of sp³-hybridized carbons (Fsp3) is 0.0556. The highest BCUT2D eigenvalue weighted by atomic mass is 32.2. The Labute approximate surface area is 150 Å². The second-order valence-corrected chi connectivity index (χ2v) is 6.95. The van der Waals surface area contributed by atoms with Crippen LogP contribution in [0.3, 0.4) is 0 Å². The van der Waals surface area contributed by atoms with Crippen LogP contribution < -0.4 is 4.90 Å². The molecule has 2 aromatic carbocycles. The summed E-state index contributed by atoms with van der Waals surface area (Å²) in [4.78, 5) is 26.0. The van der Waals surface area contributed by atoms with Crippen molar-refractivity contribution < 1.29 is 22.6 Å².